The lowest BCUT2D eigenvalue weighted by atomic mass is 10.4. The Labute approximate surface area is 285 Å². The minimum atomic E-state index is -1.93. The van der Waals surface area contributed by atoms with Gasteiger partial charge in [0.25, 0.3) is 0 Å². The third kappa shape index (κ3) is 6.91. The third-order valence-corrected chi connectivity index (χ3v) is 16.7. The van der Waals surface area contributed by atoms with Crippen LogP contribution in [0.5, 0.6) is 0 Å². The van der Waals surface area contributed by atoms with Crippen LogP contribution in [-0.4, -0.2) is 12.3 Å². The lowest BCUT2D eigenvalue weighted by Gasteiger charge is -2.28. The predicted molar refractivity (Wildman–Crippen MR) is 189 cm³/mol. The molecule has 220 valence electrons. The summed E-state index contributed by atoms with van der Waals surface area (Å²) in [4.78, 5) is 0. The summed E-state index contributed by atoms with van der Waals surface area (Å²) in [5.41, 5.74) is 0. The number of allylic oxidation sites excluding steroid dienone is 2. The third-order valence-electron chi connectivity index (χ3n) is 8.11. The molecule has 0 aliphatic rings. The Morgan fingerprint density at radius 2 is 0.432 bits per heavy atom. The molecule has 0 nitrogen and oxygen atoms in total. The number of rotatable bonds is 10. The van der Waals surface area contributed by atoms with E-state index in [9.17, 15) is 0 Å². The van der Waals surface area contributed by atoms with Crippen LogP contribution in [0.1, 0.15) is 0 Å². The van der Waals surface area contributed by atoms with Crippen molar-refractivity contribution in [2.45, 2.75) is 0 Å². The standard InChI is InChI=1S/C40H36P2.2BrH/c1-7-21-35(22-8-1)41(36-23-9-2-10-24-36,37-25-11-3-12-26-37)33-19-20-34-42(38-27-13-4-14-28-38,39-29-15-5-16-30-39)40-31-17-6-18-32-40;;/h1-32H,33-34H2;2*1H/q+2;;/p-2/b20-19+;;. The Hall–Kier alpha value is -3.12. The van der Waals surface area contributed by atoms with Gasteiger partial charge in [0.05, 0.1) is 12.3 Å². The molecule has 0 heterocycles. The molecule has 0 spiro atoms. The van der Waals surface area contributed by atoms with E-state index in [0.717, 1.165) is 12.3 Å². The molecule has 0 aliphatic carbocycles. The van der Waals surface area contributed by atoms with Gasteiger partial charge in [0.1, 0.15) is 46.4 Å². The maximum absolute atomic E-state index is 2.49. The summed E-state index contributed by atoms with van der Waals surface area (Å²) in [6.45, 7) is 0. The van der Waals surface area contributed by atoms with Crippen LogP contribution in [0.3, 0.4) is 0 Å². The topological polar surface area (TPSA) is 0 Å². The molecular formula is C40H36Br2P2. The first-order valence-corrected chi connectivity index (χ1v) is 18.5. The number of hydrogen-bond donors (Lipinski definition) is 0. The van der Waals surface area contributed by atoms with Crippen LogP contribution in [0.2, 0.25) is 0 Å². The van der Waals surface area contributed by atoms with Crippen molar-refractivity contribution in [2.24, 2.45) is 0 Å². The largest absolute Gasteiger partial charge is 1.00 e. The molecule has 6 aromatic rings. The molecule has 0 atom stereocenters. The van der Waals surface area contributed by atoms with Crippen LogP contribution in [0.15, 0.2) is 194 Å². The molecule has 6 aromatic carbocycles. The SMILES string of the molecule is C(=C\C[P+](c1ccccc1)(c1ccccc1)c1ccccc1)/C[P+](c1ccccc1)(c1ccccc1)c1ccccc1.[Br-].[Br-]. The molecule has 0 bridgehead atoms. The van der Waals surface area contributed by atoms with Gasteiger partial charge in [-0.25, -0.2) is 0 Å². The molecule has 0 fully saturated rings. The fraction of sp³-hybridized carbons (Fsp3) is 0.0500. The van der Waals surface area contributed by atoms with E-state index >= 15 is 0 Å². The lowest BCUT2D eigenvalue weighted by molar-refractivity contribution is -0.001000. The van der Waals surface area contributed by atoms with Gasteiger partial charge < -0.3 is 34.0 Å². The molecule has 0 aromatic heterocycles. The summed E-state index contributed by atoms with van der Waals surface area (Å²) in [6.07, 6.45) is 6.93. The smallest absolute Gasteiger partial charge is 0.115 e. The van der Waals surface area contributed by atoms with Crippen molar-refractivity contribution in [3.05, 3.63) is 194 Å². The van der Waals surface area contributed by atoms with Gasteiger partial charge in [-0.2, -0.15) is 0 Å². The minimum Gasteiger partial charge on any atom is -1.00 e. The molecule has 0 N–H and O–H groups in total. The lowest BCUT2D eigenvalue weighted by Crippen LogP contribution is -3.00. The van der Waals surface area contributed by atoms with E-state index in [1.807, 2.05) is 0 Å². The van der Waals surface area contributed by atoms with Crippen molar-refractivity contribution in [3.8, 4) is 0 Å². The quantitative estimate of drug-likeness (QED) is 0.148. The molecular weight excluding hydrogens is 702 g/mol. The van der Waals surface area contributed by atoms with Crippen molar-refractivity contribution in [1.82, 2.24) is 0 Å². The van der Waals surface area contributed by atoms with Crippen LogP contribution >= 0.6 is 14.5 Å². The second kappa shape index (κ2) is 16.3. The highest BCUT2D eigenvalue weighted by molar-refractivity contribution is 7.96. The highest BCUT2D eigenvalue weighted by atomic mass is 79.9. The molecule has 0 aliphatic heterocycles. The highest BCUT2D eigenvalue weighted by Gasteiger charge is 2.46. The number of halogens is 2. The van der Waals surface area contributed by atoms with Crippen LogP contribution in [0.25, 0.3) is 0 Å². The van der Waals surface area contributed by atoms with E-state index in [-0.39, 0.29) is 34.0 Å². The molecule has 0 unspecified atom stereocenters. The second-order valence-corrected chi connectivity index (χ2v) is 17.5. The van der Waals surface area contributed by atoms with Crippen molar-refractivity contribution < 1.29 is 34.0 Å². The van der Waals surface area contributed by atoms with E-state index in [0.29, 0.717) is 0 Å². The first-order valence-electron chi connectivity index (χ1n) is 14.6. The van der Waals surface area contributed by atoms with Crippen molar-refractivity contribution in [3.63, 3.8) is 0 Å². The Morgan fingerprint density at radius 1 is 0.273 bits per heavy atom. The van der Waals surface area contributed by atoms with Gasteiger partial charge in [0, 0.05) is 0 Å². The predicted octanol–water partition coefficient (Wildman–Crippen LogP) is 1.54. The molecule has 44 heavy (non-hydrogen) atoms. The van der Waals surface area contributed by atoms with Gasteiger partial charge in [-0.3, -0.25) is 0 Å². The van der Waals surface area contributed by atoms with Crippen LogP contribution in [0.4, 0.5) is 0 Å². The summed E-state index contributed by atoms with van der Waals surface area (Å²) >= 11 is 0. The Kier molecular flexibility index (Phi) is 12.5. The zero-order chi connectivity index (χ0) is 28.5. The van der Waals surface area contributed by atoms with Crippen molar-refractivity contribution in [2.75, 3.05) is 12.3 Å². The van der Waals surface area contributed by atoms with Gasteiger partial charge >= 0.3 is 0 Å². The number of hydrogen-bond acceptors (Lipinski definition) is 0. The van der Waals surface area contributed by atoms with Gasteiger partial charge in [-0.1, -0.05) is 109 Å². The first kappa shape index (κ1) is 33.8. The average molecular weight is 738 g/mol. The summed E-state index contributed by atoms with van der Waals surface area (Å²) in [7, 11) is -3.85. The Balaban J connectivity index is 0.00000221. The van der Waals surface area contributed by atoms with E-state index in [2.05, 4.69) is 194 Å². The fourth-order valence-electron chi connectivity index (χ4n) is 6.09. The normalized spacial score (nSPS) is 11.4. The molecule has 0 saturated heterocycles. The number of benzene rings is 6. The van der Waals surface area contributed by atoms with Crippen LogP contribution in [0, 0.1) is 0 Å². The highest BCUT2D eigenvalue weighted by Crippen LogP contribution is 2.57. The van der Waals surface area contributed by atoms with Crippen LogP contribution < -0.4 is 65.8 Å². The molecule has 0 saturated carbocycles. The van der Waals surface area contributed by atoms with E-state index < -0.39 is 14.5 Å². The van der Waals surface area contributed by atoms with Crippen molar-refractivity contribution in [1.29, 1.82) is 0 Å². The maximum Gasteiger partial charge on any atom is 0.115 e. The molecule has 0 radical (unpaired) electrons. The summed E-state index contributed by atoms with van der Waals surface area (Å²) in [5, 5.41) is 8.51. The zero-order valence-corrected chi connectivity index (χ0v) is 29.5. The van der Waals surface area contributed by atoms with E-state index in [1.54, 1.807) is 0 Å². The van der Waals surface area contributed by atoms with Crippen molar-refractivity contribution >= 4 is 46.4 Å². The fourth-order valence-corrected chi connectivity index (χ4v) is 14.2. The maximum atomic E-state index is 2.49. The second-order valence-electron chi connectivity index (χ2n) is 10.5. The van der Waals surface area contributed by atoms with Gasteiger partial charge in [0.2, 0.25) is 0 Å². The average Bonchev–Trinajstić information content (AvgIpc) is 3.09. The molecule has 0 amide bonds. The minimum absolute atomic E-state index is 0. The summed E-state index contributed by atoms with van der Waals surface area (Å²) < 4.78 is 0. The monoisotopic (exact) mass is 736 g/mol. The van der Waals surface area contributed by atoms with Crippen LogP contribution in [-0.2, 0) is 0 Å². The van der Waals surface area contributed by atoms with E-state index in [1.165, 1.54) is 31.8 Å². The molecule has 6 rings (SSSR count). The summed E-state index contributed by atoms with van der Waals surface area (Å²) in [6, 6.07) is 67.0. The van der Waals surface area contributed by atoms with Gasteiger partial charge in [-0.15, -0.1) is 0 Å². The summed E-state index contributed by atoms with van der Waals surface area (Å²) in [5.74, 6) is 0. The zero-order valence-electron chi connectivity index (χ0n) is 24.5. The van der Waals surface area contributed by atoms with Gasteiger partial charge in [0.15, 0.2) is 0 Å². The molecule has 4 heteroatoms. The van der Waals surface area contributed by atoms with E-state index in [4.69, 9.17) is 0 Å². The first-order chi connectivity index (χ1) is 20.8. The Morgan fingerprint density at radius 3 is 0.591 bits per heavy atom. The Bertz CT molecular complexity index is 1370. The van der Waals surface area contributed by atoms with Gasteiger partial charge in [-0.05, 0) is 84.9 Å².